The molecule has 0 aliphatic carbocycles. The van der Waals surface area contributed by atoms with Crippen LogP contribution in [0.1, 0.15) is 96.3 Å². The first kappa shape index (κ1) is 33.0. The molecule has 0 aliphatic rings. The first-order chi connectivity index (χ1) is 17.3. The molecule has 0 spiro atoms. The van der Waals surface area contributed by atoms with Crippen LogP contribution >= 0.6 is 0 Å². The molecule has 5 N–H and O–H groups in total. The Balaban J connectivity index is 3.46. The number of carboxylic acid groups (broad SMARTS) is 1. The largest absolute Gasteiger partial charge is 0.481 e. The predicted octanol–water partition coefficient (Wildman–Crippen LogP) is 1.59. The van der Waals surface area contributed by atoms with E-state index in [1.54, 1.807) is 0 Å². The third-order valence-electron chi connectivity index (χ3n) is 5.47. The molecule has 4 amide bonds. The van der Waals surface area contributed by atoms with Crippen molar-refractivity contribution in [2.24, 2.45) is 0 Å². The van der Waals surface area contributed by atoms with Crippen molar-refractivity contribution in [3.05, 3.63) is 0 Å². The molecule has 206 valence electrons. The molecule has 0 rings (SSSR count). The molecule has 0 fully saturated rings. The Bertz CT molecular complexity index is 671. The number of aliphatic carboxylic acids is 1. The number of carbonyl (C=O) groups is 6. The zero-order valence-corrected chi connectivity index (χ0v) is 21.4. The summed E-state index contributed by atoms with van der Waals surface area (Å²) < 4.78 is 0. The van der Waals surface area contributed by atoms with Gasteiger partial charge in [0.1, 0.15) is 6.29 Å². The lowest BCUT2D eigenvalue weighted by Crippen LogP contribution is -2.42. The molecular formula is C25H44N4O7. The Kier molecular flexibility index (Phi) is 21.8. The number of amides is 4. The summed E-state index contributed by atoms with van der Waals surface area (Å²) in [5, 5.41) is 18.4. The summed E-state index contributed by atoms with van der Waals surface area (Å²) in [7, 11) is 0. The summed E-state index contributed by atoms with van der Waals surface area (Å²) in [5.41, 5.74) is 0. The van der Waals surface area contributed by atoms with Gasteiger partial charge in [-0.25, -0.2) is 0 Å². The average Bonchev–Trinajstić information content (AvgIpc) is 2.85. The quantitative estimate of drug-likeness (QED) is 0.0965. The summed E-state index contributed by atoms with van der Waals surface area (Å²) in [6.45, 7) is -0.246. The van der Waals surface area contributed by atoms with Crippen LogP contribution in [0, 0.1) is 0 Å². The van der Waals surface area contributed by atoms with Gasteiger partial charge in [0.25, 0.3) is 0 Å². The minimum absolute atomic E-state index is 0.0226. The van der Waals surface area contributed by atoms with Gasteiger partial charge in [-0.3, -0.25) is 24.0 Å². The number of hydrogen-bond acceptors (Lipinski definition) is 6. The number of carboxylic acids is 1. The molecule has 0 saturated carbocycles. The molecule has 0 radical (unpaired) electrons. The van der Waals surface area contributed by atoms with Gasteiger partial charge in [0.2, 0.25) is 23.6 Å². The standard InChI is InChI=1S/C25H44N4O7/c30-18-17-27-23(33)19-29-24(34)20-28-22(32)14-12-16-26-21(31)13-10-8-6-4-2-1-3-5-7-9-11-15-25(35)36/h18H,1-17,19-20H2,(H,26,31)(H,27,33)(H,28,32)(H,29,34)(H,35,36). The highest BCUT2D eigenvalue weighted by atomic mass is 16.4. The van der Waals surface area contributed by atoms with Crippen molar-refractivity contribution in [1.29, 1.82) is 0 Å². The molecule has 0 aromatic carbocycles. The molecule has 36 heavy (non-hydrogen) atoms. The van der Waals surface area contributed by atoms with Gasteiger partial charge in [-0.15, -0.1) is 0 Å². The summed E-state index contributed by atoms with van der Waals surface area (Å²) in [4.78, 5) is 67.0. The van der Waals surface area contributed by atoms with Crippen LogP contribution in [0.15, 0.2) is 0 Å². The van der Waals surface area contributed by atoms with E-state index in [2.05, 4.69) is 21.3 Å². The smallest absolute Gasteiger partial charge is 0.303 e. The van der Waals surface area contributed by atoms with E-state index in [1.165, 1.54) is 32.1 Å². The molecule has 0 unspecified atom stereocenters. The van der Waals surface area contributed by atoms with Crippen LogP contribution in [0.25, 0.3) is 0 Å². The Morgan fingerprint density at radius 1 is 0.500 bits per heavy atom. The lowest BCUT2D eigenvalue weighted by Gasteiger charge is -2.08. The van der Waals surface area contributed by atoms with Crippen molar-refractivity contribution in [3.8, 4) is 0 Å². The third kappa shape index (κ3) is 24.2. The maximum absolute atomic E-state index is 11.9. The molecule has 11 heteroatoms. The van der Waals surface area contributed by atoms with Gasteiger partial charge < -0.3 is 31.2 Å². The number of hydrogen-bond donors (Lipinski definition) is 5. The van der Waals surface area contributed by atoms with Crippen molar-refractivity contribution in [3.63, 3.8) is 0 Å². The van der Waals surface area contributed by atoms with Gasteiger partial charge in [-0.2, -0.15) is 0 Å². The molecule has 0 atom stereocenters. The first-order valence-electron chi connectivity index (χ1n) is 13.1. The highest BCUT2D eigenvalue weighted by molar-refractivity contribution is 5.88. The van der Waals surface area contributed by atoms with E-state index in [4.69, 9.17) is 5.11 Å². The van der Waals surface area contributed by atoms with Gasteiger partial charge in [0.15, 0.2) is 0 Å². The van der Waals surface area contributed by atoms with E-state index in [0.29, 0.717) is 25.7 Å². The Morgan fingerprint density at radius 2 is 0.917 bits per heavy atom. The maximum Gasteiger partial charge on any atom is 0.303 e. The van der Waals surface area contributed by atoms with E-state index in [1.807, 2.05) is 0 Å². The third-order valence-corrected chi connectivity index (χ3v) is 5.47. The van der Waals surface area contributed by atoms with E-state index in [9.17, 15) is 28.8 Å². The average molecular weight is 513 g/mol. The van der Waals surface area contributed by atoms with Gasteiger partial charge in [0.05, 0.1) is 19.6 Å². The van der Waals surface area contributed by atoms with Gasteiger partial charge in [-0.05, 0) is 19.3 Å². The Hall–Kier alpha value is -2.98. The molecular weight excluding hydrogens is 468 g/mol. The highest BCUT2D eigenvalue weighted by Crippen LogP contribution is 2.12. The van der Waals surface area contributed by atoms with Crippen LogP contribution in [0.4, 0.5) is 0 Å². The van der Waals surface area contributed by atoms with Crippen molar-refractivity contribution < 1.29 is 33.9 Å². The number of carbonyl (C=O) groups excluding carboxylic acids is 5. The predicted molar refractivity (Wildman–Crippen MR) is 135 cm³/mol. The fraction of sp³-hybridized carbons (Fsp3) is 0.760. The van der Waals surface area contributed by atoms with Crippen LogP contribution in [-0.4, -0.2) is 67.2 Å². The Labute approximate surface area is 213 Å². The lowest BCUT2D eigenvalue weighted by molar-refractivity contribution is -0.137. The second-order valence-corrected chi connectivity index (χ2v) is 8.76. The van der Waals surface area contributed by atoms with Crippen LogP contribution in [0.2, 0.25) is 0 Å². The number of unbranched alkanes of at least 4 members (excludes halogenated alkanes) is 10. The van der Waals surface area contributed by atoms with Gasteiger partial charge in [-0.1, -0.05) is 57.8 Å². The van der Waals surface area contributed by atoms with Gasteiger partial charge >= 0.3 is 5.97 Å². The molecule has 11 nitrogen and oxygen atoms in total. The molecule has 0 aromatic rings. The zero-order valence-electron chi connectivity index (χ0n) is 21.4. The molecule has 0 aliphatic heterocycles. The van der Waals surface area contributed by atoms with Crippen LogP contribution in [0.3, 0.4) is 0 Å². The van der Waals surface area contributed by atoms with Crippen LogP contribution in [0.5, 0.6) is 0 Å². The summed E-state index contributed by atoms with van der Waals surface area (Å²) in [6.07, 6.45) is 13.7. The number of rotatable bonds is 24. The van der Waals surface area contributed by atoms with E-state index < -0.39 is 17.8 Å². The normalized spacial score (nSPS) is 10.3. The monoisotopic (exact) mass is 512 g/mol. The summed E-state index contributed by atoms with van der Waals surface area (Å²) in [5.74, 6) is -2.06. The van der Waals surface area contributed by atoms with Crippen molar-refractivity contribution in [1.82, 2.24) is 21.3 Å². The maximum atomic E-state index is 11.9. The second kappa shape index (κ2) is 23.7. The Morgan fingerprint density at radius 3 is 1.44 bits per heavy atom. The lowest BCUT2D eigenvalue weighted by atomic mass is 10.0. The fourth-order valence-electron chi connectivity index (χ4n) is 3.44. The van der Waals surface area contributed by atoms with Crippen molar-refractivity contribution in [2.45, 2.75) is 96.3 Å². The topological polar surface area (TPSA) is 171 Å². The SMILES string of the molecule is O=CCNC(=O)CNC(=O)CNC(=O)CCCNC(=O)CCCCCCCCCCCCCC(=O)O. The molecule has 0 aromatic heterocycles. The van der Waals surface area contributed by atoms with E-state index in [0.717, 1.165) is 38.5 Å². The summed E-state index contributed by atoms with van der Waals surface area (Å²) >= 11 is 0. The zero-order chi connectivity index (χ0) is 26.9. The highest BCUT2D eigenvalue weighted by Gasteiger charge is 2.08. The summed E-state index contributed by atoms with van der Waals surface area (Å²) in [6, 6.07) is 0. The van der Waals surface area contributed by atoms with Crippen LogP contribution < -0.4 is 21.3 Å². The van der Waals surface area contributed by atoms with Gasteiger partial charge in [0, 0.05) is 25.8 Å². The fourth-order valence-corrected chi connectivity index (χ4v) is 3.44. The second-order valence-electron chi connectivity index (χ2n) is 8.76. The van der Waals surface area contributed by atoms with Crippen molar-refractivity contribution in [2.75, 3.05) is 26.2 Å². The van der Waals surface area contributed by atoms with Crippen molar-refractivity contribution >= 4 is 35.9 Å². The number of aldehydes is 1. The molecule has 0 heterocycles. The minimum Gasteiger partial charge on any atom is -0.481 e. The minimum atomic E-state index is -0.715. The molecule has 0 saturated heterocycles. The molecule has 0 bridgehead atoms. The van der Waals surface area contributed by atoms with E-state index >= 15 is 0 Å². The first-order valence-corrected chi connectivity index (χ1v) is 13.1. The van der Waals surface area contributed by atoms with E-state index in [-0.39, 0.29) is 44.3 Å². The van der Waals surface area contributed by atoms with Crippen LogP contribution in [-0.2, 0) is 28.8 Å². The number of nitrogens with one attached hydrogen (secondary N) is 4.